The van der Waals surface area contributed by atoms with Crippen LogP contribution in [-0.4, -0.2) is 48.6 Å². The van der Waals surface area contributed by atoms with Crippen LogP contribution in [0.15, 0.2) is 29.3 Å². The van der Waals surface area contributed by atoms with Crippen molar-refractivity contribution in [1.82, 2.24) is 4.90 Å². The van der Waals surface area contributed by atoms with Crippen molar-refractivity contribution >= 4 is 41.7 Å². The molecule has 0 spiro atoms. The Labute approximate surface area is 146 Å². The van der Waals surface area contributed by atoms with Crippen LogP contribution in [0.3, 0.4) is 0 Å². The molecule has 0 bridgehead atoms. The number of hydrogen-bond acceptors (Lipinski definition) is 3. The molecule has 1 aromatic carbocycles. The second-order valence-electron chi connectivity index (χ2n) is 4.50. The van der Waals surface area contributed by atoms with Crippen molar-refractivity contribution in [2.24, 2.45) is 10.7 Å². The molecule has 0 amide bonds. The van der Waals surface area contributed by atoms with E-state index in [1.54, 1.807) is 12.1 Å². The first kappa shape index (κ1) is 18.3. The average molecular weight is 425 g/mol. The predicted molar refractivity (Wildman–Crippen MR) is 97.3 cm³/mol. The van der Waals surface area contributed by atoms with Crippen molar-refractivity contribution in [3.05, 3.63) is 30.1 Å². The molecule has 0 saturated carbocycles. The maximum atomic E-state index is 12.7. The van der Waals surface area contributed by atoms with Crippen LogP contribution in [-0.2, 0) is 0 Å². The Morgan fingerprint density at radius 2 is 1.95 bits per heavy atom. The Kier molecular flexibility index (Phi) is 8.82. The largest absolute Gasteiger partial charge is 0.494 e. The maximum absolute atomic E-state index is 12.7. The lowest BCUT2D eigenvalue weighted by Gasteiger charge is -2.27. The third kappa shape index (κ3) is 6.73. The van der Waals surface area contributed by atoms with Gasteiger partial charge in [-0.3, -0.25) is 4.99 Å². The molecule has 7 heteroatoms. The molecule has 1 saturated heterocycles. The molecule has 1 heterocycles. The minimum atomic E-state index is -0.255. The lowest BCUT2D eigenvalue weighted by Crippen LogP contribution is -2.42. The number of thioether (sulfide) groups is 1. The molecule has 21 heavy (non-hydrogen) atoms. The fourth-order valence-electron chi connectivity index (χ4n) is 1.87. The monoisotopic (exact) mass is 425 g/mol. The van der Waals surface area contributed by atoms with Crippen LogP contribution in [0.5, 0.6) is 5.75 Å². The highest BCUT2D eigenvalue weighted by Crippen LogP contribution is 2.11. The van der Waals surface area contributed by atoms with E-state index >= 15 is 0 Å². The van der Waals surface area contributed by atoms with Gasteiger partial charge in [0.15, 0.2) is 5.96 Å². The van der Waals surface area contributed by atoms with Crippen LogP contribution >= 0.6 is 35.7 Å². The van der Waals surface area contributed by atoms with Gasteiger partial charge in [0.1, 0.15) is 11.6 Å². The second-order valence-corrected chi connectivity index (χ2v) is 5.72. The van der Waals surface area contributed by atoms with Crippen LogP contribution in [0.1, 0.15) is 6.42 Å². The van der Waals surface area contributed by atoms with Gasteiger partial charge < -0.3 is 15.4 Å². The van der Waals surface area contributed by atoms with Gasteiger partial charge in [0.05, 0.1) is 6.61 Å². The molecule has 0 aliphatic carbocycles. The molecule has 1 aliphatic heterocycles. The van der Waals surface area contributed by atoms with Gasteiger partial charge in [-0.1, -0.05) is 0 Å². The Morgan fingerprint density at radius 1 is 1.29 bits per heavy atom. The number of nitrogens with zero attached hydrogens (tertiary/aromatic N) is 2. The van der Waals surface area contributed by atoms with Crippen LogP contribution in [0.2, 0.25) is 0 Å². The summed E-state index contributed by atoms with van der Waals surface area (Å²) in [6, 6.07) is 6.02. The SMILES string of the molecule is I.NC(=NCCCOc1ccc(F)cc1)N1CCSCC1. The third-order valence-electron chi connectivity index (χ3n) is 2.99. The van der Waals surface area contributed by atoms with Gasteiger partial charge in [-0.05, 0) is 24.3 Å². The molecular formula is C14H21FIN3OS. The van der Waals surface area contributed by atoms with Gasteiger partial charge in [-0.25, -0.2) is 4.39 Å². The number of nitrogens with two attached hydrogens (primary N) is 1. The smallest absolute Gasteiger partial charge is 0.191 e. The molecule has 2 N–H and O–H groups in total. The molecule has 0 atom stereocenters. The van der Waals surface area contributed by atoms with E-state index in [4.69, 9.17) is 10.5 Å². The van der Waals surface area contributed by atoms with Crippen molar-refractivity contribution in [1.29, 1.82) is 0 Å². The van der Waals surface area contributed by atoms with Crippen molar-refractivity contribution in [2.45, 2.75) is 6.42 Å². The number of hydrogen-bond donors (Lipinski definition) is 1. The highest BCUT2D eigenvalue weighted by atomic mass is 127. The van der Waals surface area contributed by atoms with E-state index in [9.17, 15) is 4.39 Å². The first-order valence-electron chi connectivity index (χ1n) is 6.77. The van der Waals surface area contributed by atoms with Crippen LogP contribution in [0, 0.1) is 5.82 Å². The zero-order valence-corrected chi connectivity index (χ0v) is 15.0. The fourth-order valence-corrected chi connectivity index (χ4v) is 2.77. The Hall–Kier alpha value is -0.700. The van der Waals surface area contributed by atoms with E-state index in [1.165, 1.54) is 12.1 Å². The Morgan fingerprint density at radius 3 is 2.62 bits per heavy atom. The number of ether oxygens (including phenoxy) is 1. The summed E-state index contributed by atoms with van der Waals surface area (Å²) in [5.41, 5.74) is 5.94. The zero-order valence-electron chi connectivity index (χ0n) is 11.8. The molecular weight excluding hydrogens is 404 g/mol. The van der Waals surface area contributed by atoms with E-state index in [1.807, 2.05) is 11.8 Å². The number of halogens is 2. The second kappa shape index (κ2) is 10.1. The maximum Gasteiger partial charge on any atom is 0.191 e. The number of benzene rings is 1. The number of rotatable bonds is 5. The molecule has 0 aromatic heterocycles. The molecule has 2 rings (SSSR count). The molecule has 0 radical (unpaired) electrons. The van der Waals surface area contributed by atoms with Crippen molar-refractivity contribution in [2.75, 3.05) is 37.7 Å². The summed E-state index contributed by atoms with van der Waals surface area (Å²) in [7, 11) is 0. The molecule has 4 nitrogen and oxygen atoms in total. The molecule has 118 valence electrons. The van der Waals surface area contributed by atoms with Gasteiger partial charge in [0, 0.05) is 37.6 Å². The van der Waals surface area contributed by atoms with E-state index in [-0.39, 0.29) is 29.8 Å². The summed E-state index contributed by atoms with van der Waals surface area (Å²) in [5, 5.41) is 0. The molecule has 1 fully saturated rings. The summed E-state index contributed by atoms with van der Waals surface area (Å²) in [6.45, 7) is 3.16. The number of aliphatic imine (C=N–C) groups is 1. The van der Waals surface area contributed by atoms with Gasteiger partial charge in [-0.15, -0.1) is 24.0 Å². The van der Waals surface area contributed by atoms with Crippen LogP contribution < -0.4 is 10.5 Å². The molecule has 1 aromatic rings. The highest BCUT2D eigenvalue weighted by molar-refractivity contribution is 14.0. The summed E-state index contributed by atoms with van der Waals surface area (Å²) < 4.78 is 18.2. The Balaban J connectivity index is 0.00000220. The minimum Gasteiger partial charge on any atom is -0.494 e. The predicted octanol–water partition coefficient (Wildman–Crippen LogP) is 2.58. The lowest BCUT2D eigenvalue weighted by atomic mass is 10.3. The van der Waals surface area contributed by atoms with Gasteiger partial charge in [0.25, 0.3) is 0 Å². The van der Waals surface area contributed by atoms with Gasteiger partial charge in [-0.2, -0.15) is 11.8 Å². The van der Waals surface area contributed by atoms with Crippen LogP contribution in [0.4, 0.5) is 4.39 Å². The first-order valence-corrected chi connectivity index (χ1v) is 7.92. The first-order chi connectivity index (χ1) is 9.75. The van der Waals surface area contributed by atoms with E-state index in [0.29, 0.717) is 24.9 Å². The molecule has 1 aliphatic rings. The average Bonchev–Trinajstić information content (AvgIpc) is 2.49. The molecule has 0 unspecified atom stereocenters. The van der Waals surface area contributed by atoms with Crippen molar-refractivity contribution < 1.29 is 9.13 Å². The summed E-state index contributed by atoms with van der Waals surface area (Å²) in [5.74, 6) is 3.28. The quantitative estimate of drug-likeness (QED) is 0.341. The summed E-state index contributed by atoms with van der Waals surface area (Å²) >= 11 is 1.95. The fraction of sp³-hybridized carbons (Fsp3) is 0.500. The topological polar surface area (TPSA) is 50.9 Å². The number of guanidine groups is 1. The van der Waals surface area contributed by atoms with E-state index in [0.717, 1.165) is 31.0 Å². The van der Waals surface area contributed by atoms with Gasteiger partial charge >= 0.3 is 0 Å². The Bertz CT molecular complexity index is 438. The van der Waals surface area contributed by atoms with Gasteiger partial charge in [0.2, 0.25) is 0 Å². The zero-order chi connectivity index (χ0) is 14.2. The highest BCUT2D eigenvalue weighted by Gasteiger charge is 2.11. The van der Waals surface area contributed by atoms with Crippen LogP contribution in [0.25, 0.3) is 0 Å². The lowest BCUT2D eigenvalue weighted by molar-refractivity contribution is 0.312. The van der Waals surface area contributed by atoms with E-state index in [2.05, 4.69) is 9.89 Å². The minimum absolute atomic E-state index is 0. The standard InChI is InChI=1S/C14H20FN3OS.HI/c15-12-2-4-13(5-3-12)19-9-1-6-17-14(16)18-7-10-20-11-8-18;/h2-5H,1,6-11H2,(H2,16,17);1H. The summed E-state index contributed by atoms with van der Waals surface area (Å²) in [6.07, 6.45) is 0.792. The van der Waals surface area contributed by atoms with Crippen molar-refractivity contribution in [3.8, 4) is 5.75 Å². The van der Waals surface area contributed by atoms with Crippen molar-refractivity contribution in [3.63, 3.8) is 0 Å². The normalized spacial score (nSPS) is 15.5. The van der Waals surface area contributed by atoms with E-state index < -0.39 is 0 Å². The third-order valence-corrected chi connectivity index (χ3v) is 3.94. The summed E-state index contributed by atoms with van der Waals surface area (Å²) in [4.78, 5) is 6.49.